The third-order valence-corrected chi connectivity index (χ3v) is 9.30. The lowest BCUT2D eigenvalue weighted by atomic mass is 9.99. The van der Waals surface area contributed by atoms with Crippen LogP contribution in [-0.4, -0.2) is 134 Å². The molecule has 2 aliphatic heterocycles. The van der Waals surface area contributed by atoms with Crippen molar-refractivity contribution in [2.75, 3.05) is 20.8 Å². The summed E-state index contributed by atoms with van der Waals surface area (Å²) in [4.78, 5) is 26.7. The molecule has 0 bridgehead atoms. The van der Waals surface area contributed by atoms with Gasteiger partial charge in [0.05, 0.1) is 20.3 Å². The number of benzene rings is 3. The number of carbonyl (C=O) groups is 1. The Balaban J connectivity index is 1.27. The number of phenols is 3. The van der Waals surface area contributed by atoms with Crippen LogP contribution in [0, 0.1) is 0 Å². The van der Waals surface area contributed by atoms with Crippen molar-refractivity contribution in [3.8, 4) is 51.6 Å². The molecule has 0 spiro atoms. The van der Waals surface area contributed by atoms with E-state index in [1.165, 1.54) is 69.7 Å². The second-order valence-electron chi connectivity index (χ2n) is 13.1. The molecule has 19 heteroatoms. The van der Waals surface area contributed by atoms with E-state index < -0.39 is 96.3 Å². The van der Waals surface area contributed by atoms with Crippen molar-refractivity contribution in [1.82, 2.24) is 0 Å². The molecule has 6 rings (SSSR count). The number of hydrogen-bond donors (Lipinski definition) is 9. The lowest BCUT2D eigenvalue weighted by Gasteiger charge is -2.39. The second kappa shape index (κ2) is 16.8. The summed E-state index contributed by atoms with van der Waals surface area (Å²) in [6.07, 6.45) is -14.0. The van der Waals surface area contributed by atoms with Crippen molar-refractivity contribution >= 4 is 23.0 Å². The van der Waals surface area contributed by atoms with E-state index in [-0.39, 0.29) is 45.7 Å². The third kappa shape index (κ3) is 8.41. The molecular formula is C38H40O19. The lowest BCUT2D eigenvalue weighted by Crippen LogP contribution is -2.60. The van der Waals surface area contributed by atoms with Crippen LogP contribution in [0.2, 0.25) is 0 Å². The Bertz CT molecular complexity index is 2140. The number of carbonyl (C=O) groups excluding carboxylic acids is 1. The minimum Gasteiger partial charge on any atom is -0.508 e. The van der Waals surface area contributed by atoms with E-state index in [1.54, 1.807) is 0 Å². The summed E-state index contributed by atoms with van der Waals surface area (Å²) in [5.74, 6) is -3.05. The van der Waals surface area contributed by atoms with E-state index in [4.69, 9.17) is 37.6 Å². The number of aromatic hydroxyl groups is 3. The van der Waals surface area contributed by atoms with Gasteiger partial charge < -0.3 is 83.5 Å². The highest BCUT2D eigenvalue weighted by Crippen LogP contribution is 2.39. The van der Waals surface area contributed by atoms with Crippen molar-refractivity contribution in [2.24, 2.45) is 0 Å². The summed E-state index contributed by atoms with van der Waals surface area (Å²) in [7, 11) is 2.65. The van der Waals surface area contributed by atoms with Gasteiger partial charge in [-0.1, -0.05) is 0 Å². The van der Waals surface area contributed by atoms with Gasteiger partial charge in [0, 0.05) is 23.8 Å². The summed E-state index contributed by atoms with van der Waals surface area (Å²) < 4.78 is 44.1. The first-order valence-electron chi connectivity index (χ1n) is 17.3. The summed E-state index contributed by atoms with van der Waals surface area (Å²) in [5.41, 5.74) is -0.778. The van der Waals surface area contributed by atoms with E-state index in [1.807, 2.05) is 0 Å². The molecule has 57 heavy (non-hydrogen) atoms. The van der Waals surface area contributed by atoms with Gasteiger partial charge in [-0.05, 0) is 55.0 Å². The van der Waals surface area contributed by atoms with Gasteiger partial charge in [-0.2, -0.15) is 0 Å². The summed E-state index contributed by atoms with van der Waals surface area (Å²) >= 11 is 0. The van der Waals surface area contributed by atoms with Crippen LogP contribution in [0.25, 0.3) is 28.4 Å². The number of hydrogen-bond acceptors (Lipinski definition) is 19. The molecule has 10 atom stereocenters. The van der Waals surface area contributed by atoms with E-state index in [2.05, 4.69) is 0 Å². The first-order valence-corrected chi connectivity index (χ1v) is 17.3. The van der Waals surface area contributed by atoms with Gasteiger partial charge in [-0.3, -0.25) is 4.79 Å². The topological polar surface area (TPSA) is 294 Å². The molecule has 9 N–H and O–H groups in total. The second-order valence-corrected chi connectivity index (χ2v) is 13.1. The highest BCUT2D eigenvalue weighted by molar-refractivity contribution is 5.89. The zero-order chi connectivity index (χ0) is 41.3. The highest BCUT2D eigenvalue weighted by Gasteiger charge is 2.46. The number of esters is 1. The van der Waals surface area contributed by atoms with Crippen molar-refractivity contribution < 1.29 is 88.3 Å². The molecule has 0 saturated carbocycles. The zero-order valence-corrected chi connectivity index (χ0v) is 30.4. The average Bonchev–Trinajstić information content (AvgIpc) is 3.19. The molecular weight excluding hydrogens is 760 g/mol. The maximum Gasteiger partial charge on any atom is 0.330 e. The summed E-state index contributed by atoms with van der Waals surface area (Å²) in [6.45, 7) is 0.764. The molecule has 19 nitrogen and oxygen atoms in total. The Kier molecular flexibility index (Phi) is 12.1. The van der Waals surface area contributed by atoms with Crippen LogP contribution >= 0.6 is 0 Å². The van der Waals surface area contributed by atoms with Crippen LogP contribution in [0.1, 0.15) is 12.5 Å². The smallest absolute Gasteiger partial charge is 0.330 e. The molecule has 2 fully saturated rings. The minimum atomic E-state index is -1.99. The van der Waals surface area contributed by atoms with Gasteiger partial charge in [-0.15, -0.1) is 0 Å². The quantitative estimate of drug-likeness (QED) is 0.0725. The number of aliphatic hydroxyl groups is 6. The van der Waals surface area contributed by atoms with E-state index in [0.717, 1.165) is 12.1 Å². The molecule has 3 heterocycles. The predicted molar refractivity (Wildman–Crippen MR) is 193 cm³/mol. The summed E-state index contributed by atoms with van der Waals surface area (Å²) in [6, 6.07) is 10.2. The van der Waals surface area contributed by atoms with Crippen LogP contribution in [0.4, 0.5) is 0 Å². The van der Waals surface area contributed by atoms with Crippen LogP contribution in [-0.2, 0) is 19.0 Å². The Morgan fingerprint density at radius 3 is 2.02 bits per heavy atom. The Morgan fingerprint density at radius 2 is 1.39 bits per heavy atom. The fraction of sp³-hybridized carbons (Fsp3) is 0.368. The molecule has 306 valence electrons. The maximum absolute atomic E-state index is 14.1. The largest absolute Gasteiger partial charge is 0.508 e. The van der Waals surface area contributed by atoms with Crippen LogP contribution in [0.15, 0.2) is 63.8 Å². The van der Waals surface area contributed by atoms with Crippen molar-refractivity contribution in [3.05, 3.63) is 70.4 Å². The minimum absolute atomic E-state index is 0.0756. The van der Waals surface area contributed by atoms with Crippen molar-refractivity contribution in [2.45, 2.75) is 68.3 Å². The first kappa shape index (κ1) is 41.0. The van der Waals surface area contributed by atoms with E-state index in [9.17, 15) is 55.5 Å². The van der Waals surface area contributed by atoms with Crippen molar-refractivity contribution in [1.29, 1.82) is 0 Å². The number of rotatable bonds is 11. The van der Waals surface area contributed by atoms with Crippen LogP contribution in [0.3, 0.4) is 0 Å². The maximum atomic E-state index is 14.1. The van der Waals surface area contributed by atoms with Crippen LogP contribution < -0.4 is 24.4 Å². The average molecular weight is 801 g/mol. The van der Waals surface area contributed by atoms with Gasteiger partial charge in [0.15, 0.2) is 17.3 Å². The van der Waals surface area contributed by atoms with Gasteiger partial charge in [0.25, 0.3) is 0 Å². The van der Waals surface area contributed by atoms with Gasteiger partial charge in [-0.25, -0.2) is 4.79 Å². The predicted octanol–water partition coefficient (Wildman–Crippen LogP) is 0.243. The SMILES string of the molecule is COc1cc(/C=C/C(=O)OCC2O[C@@H](Oc3c(-c4ccc(O)cc4)oc4cc(O[C@@H]5OC(C)[C@H](O)C(O)[C@@H]5O)cc(O)c4c3=O)[C@@H](O)C(O)[C@@H]2O)cc(OC)c1O. The normalized spacial score (nSPS) is 27.6. The molecule has 2 aliphatic rings. The van der Waals surface area contributed by atoms with Gasteiger partial charge in [0.2, 0.25) is 29.5 Å². The fourth-order valence-electron chi connectivity index (χ4n) is 6.13. The van der Waals surface area contributed by atoms with E-state index in [0.29, 0.717) is 5.56 Å². The van der Waals surface area contributed by atoms with Crippen LogP contribution in [0.5, 0.6) is 40.2 Å². The zero-order valence-electron chi connectivity index (χ0n) is 30.4. The third-order valence-electron chi connectivity index (χ3n) is 9.30. The van der Waals surface area contributed by atoms with E-state index >= 15 is 0 Å². The van der Waals surface area contributed by atoms with Crippen molar-refractivity contribution in [3.63, 3.8) is 0 Å². The number of methoxy groups -OCH3 is 2. The first-order chi connectivity index (χ1) is 27.1. The number of phenolic OH excluding ortho intramolecular Hbond substituents is 3. The Morgan fingerprint density at radius 1 is 0.772 bits per heavy atom. The monoisotopic (exact) mass is 800 g/mol. The molecule has 3 aromatic carbocycles. The van der Waals surface area contributed by atoms with Gasteiger partial charge >= 0.3 is 5.97 Å². The molecule has 1 aromatic heterocycles. The fourth-order valence-corrected chi connectivity index (χ4v) is 6.13. The Hall–Kier alpha value is -5.64. The molecule has 2 saturated heterocycles. The lowest BCUT2D eigenvalue weighted by molar-refractivity contribution is -0.278. The highest BCUT2D eigenvalue weighted by atomic mass is 16.7. The van der Waals surface area contributed by atoms with Gasteiger partial charge in [0.1, 0.15) is 77.6 Å². The molecule has 4 unspecified atom stereocenters. The molecule has 0 aliphatic carbocycles. The number of fused-ring (bicyclic) bond motifs is 1. The molecule has 0 amide bonds. The standard InChI is InChI=1S/C38H40O19/c1-15-27(42)31(46)33(48)37(53-15)54-19-12-20(40)26-21(13-19)55-35(17-5-7-18(39)8-6-17)36(30(26)45)57-38-34(49)32(47)29(44)24(56-38)14-52-25(41)9-4-16-10-22(50-2)28(43)23(11-16)51-3/h4-13,15,24,27,29,31-34,37-40,42-44,46-49H,14H2,1-3H3/b9-4+/t15?,24?,27-,29+,31?,32?,33-,34-,37-,38-/m0/s1. The summed E-state index contributed by atoms with van der Waals surface area (Å²) in [5, 5.41) is 93.6. The Labute approximate surface area is 322 Å². The number of ether oxygens (including phenoxy) is 7. The number of aliphatic hydroxyl groups excluding tert-OH is 6. The molecule has 4 aromatic rings. The molecule has 0 radical (unpaired) electrons.